The molecule has 1 aromatic carbocycles. The van der Waals surface area contributed by atoms with Crippen LogP contribution in [0.15, 0.2) is 46.1 Å². The Labute approximate surface area is 125 Å². The van der Waals surface area contributed by atoms with E-state index in [0.29, 0.717) is 22.7 Å². The smallest absolute Gasteiger partial charge is 0.250 e. The van der Waals surface area contributed by atoms with E-state index in [-0.39, 0.29) is 5.82 Å². The predicted octanol–water partition coefficient (Wildman–Crippen LogP) is 2.89. The number of thiophene rings is 1. The van der Waals surface area contributed by atoms with Gasteiger partial charge in [0.05, 0.1) is 0 Å². The Bertz CT molecular complexity index is 854. The highest BCUT2D eigenvalue weighted by atomic mass is 32.2. The van der Waals surface area contributed by atoms with Gasteiger partial charge in [-0.25, -0.2) is 17.5 Å². The third-order valence-electron chi connectivity index (χ3n) is 3.18. The van der Waals surface area contributed by atoms with Crippen LogP contribution in [-0.2, 0) is 16.4 Å². The van der Waals surface area contributed by atoms with E-state index in [1.54, 1.807) is 29.8 Å². The predicted molar refractivity (Wildman–Crippen MR) is 81.5 cm³/mol. The number of fused-ring (bicyclic) bond motifs is 1. The maximum Gasteiger partial charge on any atom is 0.250 e. The summed E-state index contributed by atoms with van der Waals surface area (Å²) in [5.41, 5.74) is 1.67. The molecule has 21 heavy (non-hydrogen) atoms. The summed E-state index contributed by atoms with van der Waals surface area (Å²) in [7, 11) is -3.43. The highest BCUT2D eigenvalue weighted by Crippen LogP contribution is 2.20. The van der Waals surface area contributed by atoms with E-state index in [9.17, 15) is 12.8 Å². The Kier molecular flexibility index (Phi) is 3.79. The topological polar surface area (TPSA) is 62.0 Å². The molecular formula is C14H13FN2O2S2. The normalized spacial score (nSPS) is 12.0. The van der Waals surface area contributed by atoms with Crippen LogP contribution in [0.2, 0.25) is 0 Å². The Morgan fingerprint density at radius 2 is 2.14 bits per heavy atom. The largest absolute Gasteiger partial charge is 0.361 e. The minimum absolute atomic E-state index is 0.296. The first kappa shape index (κ1) is 14.2. The number of hydrogen-bond donors (Lipinski definition) is 2. The molecule has 7 heteroatoms. The molecule has 0 amide bonds. The van der Waals surface area contributed by atoms with Crippen molar-refractivity contribution < 1.29 is 12.8 Å². The zero-order valence-electron chi connectivity index (χ0n) is 11.0. The third kappa shape index (κ3) is 2.99. The van der Waals surface area contributed by atoms with E-state index in [1.807, 2.05) is 0 Å². The lowest BCUT2D eigenvalue weighted by Gasteiger charge is -2.04. The van der Waals surface area contributed by atoms with Gasteiger partial charge >= 0.3 is 0 Å². The highest BCUT2D eigenvalue weighted by Gasteiger charge is 2.14. The highest BCUT2D eigenvalue weighted by molar-refractivity contribution is 7.91. The molecule has 2 aromatic heterocycles. The first-order valence-corrected chi connectivity index (χ1v) is 8.71. The number of aromatic amines is 1. The SMILES string of the molecule is O=S(=O)(NCCc1c[nH]c2cc(F)ccc12)c1cccs1. The molecule has 110 valence electrons. The van der Waals surface area contributed by atoms with Gasteiger partial charge in [-0.15, -0.1) is 11.3 Å². The van der Waals surface area contributed by atoms with Crippen LogP contribution in [0.1, 0.15) is 5.56 Å². The second kappa shape index (κ2) is 5.59. The molecule has 0 saturated heterocycles. The van der Waals surface area contributed by atoms with Crippen LogP contribution in [0.3, 0.4) is 0 Å². The molecule has 2 heterocycles. The van der Waals surface area contributed by atoms with E-state index in [4.69, 9.17) is 0 Å². The summed E-state index contributed by atoms with van der Waals surface area (Å²) in [5.74, 6) is -0.297. The zero-order chi connectivity index (χ0) is 14.9. The van der Waals surface area contributed by atoms with Crippen molar-refractivity contribution in [1.82, 2.24) is 9.71 Å². The van der Waals surface area contributed by atoms with Crippen LogP contribution in [0, 0.1) is 5.82 Å². The van der Waals surface area contributed by atoms with E-state index in [1.165, 1.54) is 23.5 Å². The number of halogens is 1. The van der Waals surface area contributed by atoms with E-state index < -0.39 is 10.0 Å². The van der Waals surface area contributed by atoms with Gasteiger partial charge in [-0.05, 0) is 41.6 Å². The van der Waals surface area contributed by atoms with Crippen molar-refractivity contribution in [2.24, 2.45) is 0 Å². The van der Waals surface area contributed by atoms with Gasteiger partial charge in [0, 0.05) is 23.6 Å². The van der Waals surface area contributed by atoms with Crippen LogP contribution in [0.4, 0.5) is 4.39 Å². The number of rotatable bonds is 5. The van der Waals surface area contributed by atoms with Crippen LogP contribution in [-0.4, -0.2) is 19.9 Å². The Morgan fingerprint density at radius 3 is 2.90 bits per heavy atom. The van der Waals surface area contributed by atoms with Gasteiger partial charge in [0.15, 0.2) is 0 Å². The van der Waals surface area contributed by atoms with Crippen LogP contribution < -0.4 is 4.72 Å². The van der Waals surface area contributed by atoms with Crippen molar-refractivity contribution in [3.8, 4) is 0 Å². The lowest BCUT2D eigenvalue weighted by molar-refractivity contribution is 0.584. The summed E-state index contributed by atoms with van der Waals surface area (Å²) in [4.78, 5) is 2.99. The lowest BCUT2D eigenvalue weighted by atomic mass is 10.1. The average molecular weight is 324 g/mol. The van der Waals surface area contributed by atoms with Gasteiger partial charge in [-0.1, -0.05) is 6.07 Å². The number of aromatic nitrogens is 1. The van der Waals surface area contributed by atoms with Crippen LogP contribution in [0.5, 0.6) is 0 Å². The molecular weight excluding hydrogens is 311 g/mol. The molecule has 0 aliphatic carbocycles. The summed E-state index contributed by atoms with van der Waals surface area (Å²) in [6, 6.07) is 7.79. The molecule has 4 nitrogen and oxygen atoms in total. The van der Waals surface area contributed by atoms with Gasteiger partial charge in [-0.2, -0.15) is 0 Å². The Morgan fingerprint density at radius 1 is 1.29 bits per heavy atom. The van der Waals surface area contributed by atoms with Gasteiger partial charge in [0.2, 0.25) is 10.0 Å². The molecule has 0 saturated carbocycles. The monoisotopic (exact) mass is 324 g/mol. The number of benzene rings is 1. The minimum atomic E-state index is -3.43. The fraction of sp³-hybridized carbons (Fsp3) is 0.143. The molecule has 3 aromatic rings. The van der Waals surface area contributed by atoms with Gasteiger partial charge in [0.25, 0.3) is 0 Å². The summed E-state index contributed by atoms with van der Waals surface area (Å²) < 4.78 is 39.9. The second-order valence-corrected chi connectivity index (χ2v) is 7.53. The molecule has 0 spiro atoms. The molecule has 0 aliphatic rings. The average Bonchev–Trinajstić information content (AvgIpc) is 3.08. The van der Waals surface area contributed by atoms with Crippen molar-refractivity contribution in [2.45, 2.75) is 10.6 Å². The zero-order valence-corrected chi connectivity index (χ0v) is 12.6. The van der Waals surface area contributed by atoms with E-state index in [2.05, 4.69) is 9.71 Å². The number of sulfonamides is 1. The van der Waals surface area contributed by atoms with Crippen molar-refractivity contribution in [1.29, 1.82) is 0 Å². The first-order chi connectivity index (χ1) is 10.1. The maximum absolute atomic E-state index is 13.1. The van der Waals surface area contributed by atoms with Crippen molar-refractivity contribution in [3.05, 3.63) is 53.3 Å². The molecule has 2 N–H and O–H groups in total. The number of H-pyrrole nitrogens is 1. The minimum Gasteiger partial charge on any atom is -0.361 e. The van der Waals surface area contributed by atoms with Crippen LogP contribution >= 0.6 is 11.3 Å². The molecule has 0 aliphatic heterocycles. The Hall–Kier alpha value is -1.70. The fourth-order valence-electron chi connectivity index (χ4n) is 2.17. The van der Waals surface area contributed by atoms with Crippen molar-refractivity contribution >= 4 is 32.3 Å². The van der Waals surface area contributed by atoms with Crippen molar-refractivity contribution in [2.75, 3.05) is 6.54 Å². The number of hydrogen-bond acceptors (Lipinski definition) is 3. The van der Waals surface area contributed by atoms with Crippen molar-refractivity contribution in [3.63, 3.8) is 0 Å². The third-order valence-corrected chi connectivity index (χ3v) is 6.03. The summed E-state index contributed by atoms with van der Waals surface area (Å²) in [6.45, 7) is 0.296. The van der Waals surface area contributed by atoms with Gasteiger partial charge < -0.3 is 4.98 Å². The molecule has 0 atom stereocenters. The quantitative estimate of drug-likeness (QED) is 0.758. The summed E-state index contributed by atoms with van der Waals surface area (Å²) in [6.07, 6.45) is 2.32. The Balaban J connectivity index is 1.70. The molecule has 0 radical (unpaired) electrons. The molecule has 0 fully saturated rings. The first-order valence-electron chi connectivity index (χ1n) is 6.35. The lowest BCUT2D eigenvalue weighted by Crippen LogP contribution is -2.25. The maximum atomic E-state index is 13.1. The van der Waals surface area contributed by atoms with Crippen LogP contribution in [0.25, 0.3) is 10.9 Å². The fourth-order valence-corrected chi connectivity index (χ4v) is 4.24. The van der Waals surface area contributed by atoms with E-state index in [0.717, 1.165) is 10.9 Å². The van der Waals surface area contributed by atoms with Gasteiger partial charge in [-0.3, -0.25) is 0 Å². The molecule has 0 unspecified atom stereocenters. The van der Waals surface area contributed by atoms with Gasteiger partial charge in [0.1, 0.15) is 10.0 Å². The number of nitrogens with one attached hydrogen (secondary N) is 2. The second-order valence-electron chi connectivity index (χ2n) is 4.58. The van der Waals surface area contributed by atoms with E-state index >= 15 is 0 Å². The standard InChI is InChI=1S/C14H13FN2O2S2/c15-11-3-4-12-10(9-16-13(12)8-11)5-6-17-21(18,19)14-2-1-7-20-14/h1-4,7-9,16-17H,5-6H2. The summed E-state index contributed by atoms with van der Waals surface area (Å²) >= 11 is 1.18. The molecule has 3 rings (SSSR count). The summed E-state index contributed by atoms with van der Waals surface area (Å²) in [5, 5.41) is 2.63. The molecule has 0 bridgehead atoms.